The lowest BCUT2D eigenvalue weighted by atomic mass is 10.1. The molecule has 4 nitrogen and oxygen atoms in total. The Morgan fingerprint density at radius 3 is 2.67 bits per heavy atom. The number of rotatable bonds is 2. The van der Waals surface area contributed by atoms with Crippen LogP contribution in [0.5, 0.6) is 0 Å². The molecule has 0 spiro atoms. The minimum Gasteiger partial charge on any atom is -0.254 e. The average Bonchev–Trinajstić information content (AvgIpc) is 2.92. The smallest absolute Gasteiger partial charge is 0.188 e. The highest BCUT2D eigenvalue weighted by molar-refractivity contribution is 7.99. The number of benzene rings is 2. The first-order valence-corrected chi connectivity index (χ1v) is 6.15. The summed E-state index contributed by atoms with van der Waals surface area (Å²) in [6.07, 6.45) is 1.48. The zero-order valence-electron chi connectivity index (χ0n) is 9.29. The maximum atomic E-state index is 9.10. The van der Waals surface area contributed by atoms with Gasteiger partial charge in [-0.2, -0.15) is 10.4 Å². The van der Waals surface area contributed by atoms with Gasteiger partial charge in [-0.3, -0.25) is 5.10 Å². The van der Waals surface area contributed by atoms with E-state index in [2.05, 4.69) is 21.3 Å². The second kappa shape index (κ2) is 4.51. The fourth-order valence-electron chi connectivity index (χ4n) is 1.81. The summed E-state index contributed by atoms with van der Waals surface area (Å²) < 4.78 is 0. The van der Waals surface area contributed by atoms with Gasteiger partial charge in [0.05, 0.1) is 11.6 Å². The van der Waals surface area contributed by atoms with E-state index in [0.29, 0.717) is 5.56 Å². The predicted octanol–water partition coefficient (Wildman–Crippen LogP) is 2.98. The van der Waals surface area contributed by atoms with E-state index in [1.165, 1.54) is 18.1 Å². The summed E-state index contributed by atoms with van der Waals surface area (Å²) in [7, 11) is 0. The van der Waals surface area contributed by atoms with Crippen LogP contribution in [0, 0.1) is 11.3 Å². The molecule has 0 radical (unpaired) electrons. The Morgan fingerprint density at radius 2 is 1.94 bits per heavy atom. The highest BCUT2D eigenvalue weighted by atomic mass is 32.2. The highest BCUT2D eigenvalue weighted by Crippen LogP contribution is 2.32. The van der Waals surface area contributed by atoms with Gasteiger partial charge in [-0.15, -0.1) is 0 Å². The summed E-state index contributed by atoms with van der Waals surface area (Å²) in [5.74, 6) is 0. The molecule has 0 aliphatic rings. The van der Waals surface area contributed by atoms with E-state index < -0.39 is 0 Å². The van der Waals surface area contributed by atoms with Gasteiger partial charge in [0, 0.05) is 10.3 Å². The summed E-state index contributed by atoms with van der Waals surface area (Å²) >= 11 is 1.50. The molecule has 18 heavy (non-hydrogen) atoms. The van der Waals surface area contributed by atoms with Crippen molar-refractivity contribution in [1.82, 2.24) is 15.2 Å². The van der Waals surface area contributed by atoms with Crippen LogP contribution in [0.1, 0.15) is 5.56 Å². The number of aromatic amines is 1. The molecule has 3 aromatic rings. The number of hydrogen-bond acceptors (Lipinski definition) is 4. The first kappa shape index (κ1) is 10.8. The van der Waals surface area contributed by atoms with E-state index in [1.54, 1.807) is 0 Å². The summed E-state index contributed by atoms with van der Waals surface area (Å²) in [4.78, 5) is 5.15. The number of hydrogen-bond donors (Lipinski definition) is 1. The highest BCUT2D eigenvalue weighted by Gasteiger charge is 2.07. The van der Waals surface area contributed by atoms with Gasteiger partial charge in [0.1, 0.15) is 6.33 Å². The molecule has 0 unspecified atom stereocenters. The molecule has 2 aromatic carbocycles. The molecule has 0 aliphatic carbocycles. The van der Waals surface area contributed by atoms with Crippen LogP contribution in [-0.2, 0) is 0 Å². The van der Waals surface area contributed by atoms with Crippen LogP contribution in [0.3, 0.4) is 0 Å². The Labute approximate surface area is 108 Å². The second-order valence-corrected chi connectivity index (χ2v) is 4.69. The lowest BCUT2D eigenvalue weighted by molar-refractivity contribution is 0.974. The first-order valence-electron chi connectivity index (χ1n) is 5.33. The zero-order valence-corrected chi connectivity index (χ0v) is 10.1. The SMILES string of the molecule is N#Cc1ccc(Sc2ncn[nH]2)c2ccccc12. The van der Waals surface area contributed by atoms with Crippen LogP contribution in [0.2, 0.25) is 0 Å². The van der Waals surface area contributed by atoms with Crippen LogP contribution >= 0.6 is 11.8 Å². The number of nitriles is 1. The number of nitrogens with one attached hydrogen (secondary N) is 1. The van der Waals surface area contributed by atoms with Crippen molar-refractivity contribution in [3.05, 3.63) is 48.3 Å². The van der Waals surface area contributed by atoms with Gasteiger partial charge in [0.2, 0.25) is 0 Å². The normalized spacial score (nSPS) is 10.4. The topological polar surface area (TPSA) is 65.4 Å². The molecule has 1 heterocycles. The summed E-state index contributed by atoms with van der Waals surface area (Å²) in [5.41, 5.74) is 0.688. The van der Waals surface area contributed by atoms with Crippen LogP contribution in [0.25, 0.3) is 10.8 Å². The summed E-state index contributed by atoms with van der Waals surface area (Å²) in [5, 5.41) is 18.5. The van der Waals surface area contributed by atoms with Gasteiger partial charge in [-0.1, -0.05) is 24.3 Å². The van der Waals surface area contributed by atoms with Crippen molar-refractivity contribution in [2.45, 2.75) is 10.1 Å². The van der Waals surface area contributed by atoms with Crippen LogP contribution in [0.4, 0.5) is 0 Å². The van der Waals surface area contributed by atoms with Gasteiger partial charge in [0.25, 0.3) is 0 Å². The standard InChI is InChI=1S/C13H8N4S/c14-7-9-5-6-12(18-13-15-8-16-17-13)11-4-2-1-3-10(9)11/h1-6,8H,(H,15,16,17). The maximum Gasteiger partial charge on any atom is 0.188 e. The van der Waals surface area contributed by atoms with Gasteiger partial charge >= 0.3 is 0 Å². The third-order valence-electron chi connectivity index (χ3n) is 2.60. The second-order valence-electron chi connectivity index (χ2n) is 3.66. The van der Waals surface area contributed by atoms with Crippen LogP contribution < -0.4 is 0 Å². The predicted molar refractivity (Wildman–Crippen MR) is 69.2 cm³/mol. The number of aromatic nitrogens is 3. The molecule has 5 heteroatoms. The van der Waals surface area contributed by atoms with Gasteiger partial charge in [0.15, 0.2) is 5.16 Å². The van der Waals surface area contributed by atoms with Crippen molar-refractivity contribution in [1.29, 1.82) is 5.26 Å². The maximum absolute atomic E-state index is 9.10. The van der Waals surface area contributed by atoms with E-state index in [-0.39, 0.29) is 0 Å². The van der Waals surface area contributed by atoms with Crippen molar-refractivity contribution in [2.24, 2.45) is 0 Å². The molecule has 1 aromatic heterocycles. The molecular weight excluding hydrogens is 244 g/mol. The van der Waals surface area contributed by atoms with Crippen LogP contribution in [0.15, 0.2) is 52.8 Å². The van der Waals surface area contributed by atoms with Crippen molar-refractivity contribution < 1.29 is 0 Å². The summed E-state index contributed by atoms with van der Waals surface area (Å²) in [6, 6.07) is 13.9. The van der Waals surface area contributed by atoms with E-state index in [0.717, 1.165) is 20.8 Å². The number of fused-ring (bicyclic) bond motifs is 1. The molecule has 86 valence electrons. The molecule has 0 bridgehead atoms. The quantitative estimate of drug-likeness (QED) is 0.761. The Balaban J connectivity index is 2.16. The average molecular weight is 252 g/mol. The van der Waals surface area contributed by atoms with E-state index in [4.69, 9.17) is 5.26 Å². The molecule has 0 amide bonds. The Kier molecular flexibility index (Phi) is 2.71. The van der Waals surface area contributed by atoms with Gasteiger partial charge < -0.3 is 0 Å². The van der Waals surface area contributed by atoms with Gasteiger partial charge in [-0.25, -0.2) is 4.98 Å². The fourth-order valence-corrected chi connectivity index (χ4v) is 2.64. The molecule has 0 aliphatic heterocycles. The third kappa shape index (κ3) is 1.83. The van der Waals surface area contributed by atoms with Crippen LogP contribution in [-0.4, -0.2) is 15.2 Å². The lowest BCUT2D eigenvalue weighted by Crippen LogP contribution is -1.84. The largest absolute Gasteiger partial charge is 0.254 e. The van der Waals surface area contributed by atoms with Crippen molar-refractivity contribution in [3.63, 3.8) is 0 Å². The van der Waals surface area contributed by atoms with E-state index >= 15 is 0 Å². The first-order chi connectivity index (χ1) is 8.88. The van der Waals surface area contributed by atoms with Crippen molar-refractivity contribution >= 4 is 22.5 Å². The number of nitrogens with zero attached hydrogens (tertiary/aromatic N) is 3. The molecule has 1 N–H and O–H groups in total. The van der Waals surface area contributed by atoms with E-state index in [1.807, 2.05) is 36.4 Å². The Bertz CT molecular complexity index is 728. The minimum absolute atomic E-state index is 0.688. The summed E-state index contributed by atoms with van der Waals surface area (Å²) in [6.45, 7) is 0. The zero-order chi connectivity index (χ0) is 12.4. The fraction of sp³-hybridized carbons (Fsp3) is 0. The molecule has 0 fully saturated rings. The molecule has 0 atom stereocenters. The molecular formula is C13H8N4S. The molecule has 0 saturated carbocycles. The van der Waals surface area contributed by atoms with E-state index in [9.17, 15) is 0 Å². The number of H-pyrrole nitrogens is 1. The minimum atomic E-state index is 0.688. The monoisotopic (exact) mass is 252 g/mol. The third-order valence-corrected chi connectivity index (χ3v) is 3.57. The van der Waals surface area contributed by atoms with Crippen molar-refractivity contribution in [2.75, 3.05) is 0 Å². The molecule has 3 rings (SSSR count). The lowest BCUT2D eigenvalue weighted by Gasteiger charge is -2.05. The Hall–Kier alpha value is -2.32. The Morgan fingerprint density at radius 1 is 1.11 bits per heavy atom. The molecule has 0 saturated heterocycles. The van der Waals surface area contributed by atoms with Gasteiger partial charge in [-0.05, 0) is 29.3 Å². The van der Waals surface area contributed by atoms with Crippen molar-refractivity contribution in [3.8, 4) is 6.07 Å².